The van der Waals surface area contributed by atoms with Crippen LogP contribution in [0, 0.1) is 0 Å². The molecule has 268 valence electrons. The van der Waals surface area contributed by atoms with E-state index in [2.05, 4.69) is 164 Å². The SMILES string of the molecule is CC1(C)c2ccccc2-c2ccc(-c3nc(-c4ccccc4)nc(-c4cc5c(c6ccccc6n5-c5ccccc5)c5c4ccc4c6ccccc6oc45)n3)cc21. The third-order valence-corrected chi connectivity index (χ3v) is 12.0. The first-order chi connectivity index (χ1) is 28.0. The van der Waals surface area contributed by atoms with Crippen LogP contribution in [0.1, 0.15) is 25.0 Å². The van der Waals surface area contributed by atoms with Crippen molar-refractivity contribution in [3.05, 3.63) is 181 Å². The molecule has 0 unspecified atom stereocenters. The number of para-hydroxylation sites is 3. The fourth-order valence-corrected chi connectivity index (χ4v) is 9.36. The van der Waals surface area contributed by atoms with Gasteiger partial charge in [0, 0.05) is 54.7 Å². The van der Waals surface area contributed by atoms with Crippen LogP contribution in [0.4, 0.5) is 0 Å². The van der Waals surface area contributed by atoms with Gasteiger partial charge in [-0.05, 0) is 70.1 Å². The van der Waals surface area contributed by atoms with E-state index in [9.17, 15) is 0 Å². The Kier molecular flexibility index (Phi) is 6.62. The minimum Gasteiger partial charge on any atom is -0.455 e. The molecule has 3 aromatic heterocycles. The van der Waals surface area contributed by atoms with Gasteiger partial charge in [0.1, 0.15) is 11.2 Å². The Hall–Kier alpha value is -7.37. The molecular weight excluding hydrogens is 697 g/mol. The molecule has 0 N–H and O–H groups in total. The second kappa shape index (κ2) is 11.8. The number of fused-ring (bicyclic) bond motifs is 12. The zero-order valence-corrected chi connectivity index (χ0v) is 31.4. The third-order valence-electron chi connectivity index (χ3n) is 12.0. The molecule has 0 spiro atoms. The highest BCUT2D eigenvalue weighted by Gasteiger charge is 2.35. The van der Waals surface area contributed by atoms with Crippen molar-refractivity contribution in [2.75, 3.05) is 0 Å². The number of aromatic nitrogens is 4. The van der Waals surface area contributed by atoms with Gasteiger partial charge in [-0.1, -0.05) is 141 Å². The molecule has 11 aromatic rings. The summed E-state index contributed by atoms with van der Waals surface area (Å²) in [4.78, 5) is 15.9. The molecule has 57 heavy (non-hydrogen) atoms. The number of hydrogen-bond donors (Lipinski definition) is 0. The summed E-state index contributed by atoms with van der Waals surface area (Å²) in [5.74, 6) is 1.87. The van der Waals surface area contributed by atoms with Gasteiger partial charge in [-0.15, -0.1) is 0 Å². The Balaban J connectivity index is 1.20. The number of nitrogens with zero attached hydrogens (tertiary/aromatic N) is 4. The van der Waals surface area contributed by atoms with Crippen LogP contribution in [-0.4, -0.2) is 19.5 Å². The Morgan fingerprint density at radius 1 is 0.439 bits per heavy atom. The van der Waals surface area contributed by atoms with Gasteiger partial charge in [0.05, 0.1) is 11.0 Å². The minimum absolute atomic E-state index is 0.163. The molecule has 5 heteroatoms. The van der Waals surface area contributed by atoms with E-state index < -0.39 is 0 Å². The average molecular weight is 731 g/mol. The number of furan rings is 1. The van der Waals surface area contributed by atoms with Gasteiger partial charge in [-0.25, -0.2) is 15.0 Å². The summed E-state index contributed by atoms with van der Waals surface area (Å²) < 4.78 is 9.20. The van der Waals surface area contributed by atoms with Crippen LogP contribution < -0.4 is 0 Å². The van der Waals surface area contributed by atoms with Crippen molar-refractivity contribution in [3.8, 4) is 51.0 Å². The lowest BCUT2D eigenvalue weighted by molar-refractivity contribution is 0.660. The summed E-state index contributed by atoms with van der Waals surface area (Å²) in [6.45, 7) is 4.61. The Morgan fingerprint density at radius 3 is 1.93 bits per heavy atom. The van der Waals surface area contributed by atoms with Crippen molar-refractivity contribution < 1.29 is 4.42 Å². The summed E-state index contributed by atoms with van der Waals surface area (Å²) in [7, 11) is 0. The molecule has 0 radical (unpaired) electrons. The molecule has 0 fully saturated rings. The molecule has 8 aromatic carbocycles. The predicted molar refractivity (Wildman–Crippen MR) is 233 cm³/mol. The maximum absolute atomic E-state index is 6.84. The van der Waals surface area contributed by atoms with Gasteiger partial charge in [0.2, 0.25) is 0 Å². The molecule has 0 bridgehead atoms. The molecule has 1 aliphatic rings. The molecular formula is C52H34N4O. The molecule has 0 aliphatic heterocycles. The standard InChI is InChI=1S/C52H34N4O/c1-52(2)41-22-12-9-19-34(41)35-26-25-32(29-42(35)52)50-53-49(31-15-5-3-6-16-31)54-51(55-50)40-30-44-46(39-21-10-13-23-43(39)56(44)33-17-7-4-8-18-33)47-37(40)27-28-38-36-20-11-14-24-45(36)57-48(38)47/h3-30H,1-2H3. The van der Waals surface area contributed by atoms with Crippen molar-refractivity contribution >= 4 is 54.5 Å². The first-order valence-electron chi connectivity index (χ1n) is 19.5. The fraction of sp³-hybridized carbons (Fsp3) is 0.0577. The summed E-state index contributed by atoms with van der Waals surface area (Å²) in [5.41, 5.74) is 12.8. The van der Waals surface area contributed by atoms with Crippen LogP contribution in [0.15, 0.2) is 174 Å². The van der Waals surface area contributed by atoms with Crippen molar-refractivity contribution in [2.24, 2.45) is 0 Å². The van der Waals surface area contributed by atoms with Crippen LogP contribution in [0.25, 0.3) is 105 Å². The van der Waals surface area contributed by atoms with E-state index in [0.29, 0.717) is 17.5 Å². The van der Waals surface area contributed by atoms with Crippen LogP contribution in [-0.2, 0) is 5.41 Å². The zero-order valence-electron chi connectivity index (χ0n) is 31.4. The summed E-state index contributed by atoms with van der Waals surface area (Å²) in [6.07, 6.45) is 0. The van der Waals surface area contributed by atoms with Crippen molar-refractivity contribution in [1.29, 1.82) is 0 Å². The topological polar surface area (TPSA) is 56.7 Å². The van der Waals surface area contributed by atoms with Crippen molar-refractivity contribution in [3.63, 3.8) is 0 Å². The lowest BCUT2D eigenvalue weighted by Crippen LogP contribution is -2.15. The summed E-state index contributed by atoms with van der Waals surface area (Å²) in [6, 6.07) is 59.9. The maximum atomic E-state index is 6.84. The minimum atomic E-state index is -0.163. The predicted octanol–water partition coefficient (Wildman–Crippen LogP) is 13.3. The fourth-order valence-electron chi connectivity index (χ4n) is 9.36. The average Bonchev–Trinajstić information content (AvgIpc) is 3.89. The molecule has 12 rings (SSSR count). The normalized spacial score (nSPS) is 13.2. The number of hydrogen-bond acceptors (Lipinski definition) is 4. The van der Waals surface area contributed by atoms with E-state index in [4.69, 9.17) is 19.4 Å². The number of benzene rings is 8. The second-order valence-corrected chi connectivity index (χ2v) is 15.6. The van der Waals surface area contributed by atoms with Gasteiger partial charge in [-0.2, -0.15) is 0 Å². The van der Waals surface area contributed by atoms with E-state index in [0.717, 1.165) is 76.9 Å². The quantitative estimate of drug-likeness (QED) is 0.181. The van der Waals surface area contributed by atoms with E-state index >= 15 is 0 Å². The van der Waals surface area contributed by atoms with Gasteiger partial charge in [0.15, 0.2) is 17.5 Å². The monoisotopic (exact) mass is 730 g/mol. The van der Waals surface area contributed by atoms with Gasteiger partial charge in [0.25, 0.3) is 0 Å². The van der Waals surface area contributed by atoms with E-state index in [1.165, 1.54) is 22.3 Å². The smallest absolute Gasteiger partial charge is 0.164 e. The van der Waals surface area contributed by atoms with Crippen LogP contribution in [0.2, 0.25) is 0 Å². The molecule has 3 heterocycles. The highest BCUT2D eigenvalue weighted by Crippen LogP contribution is 2.50. The molecule has 0 saturated heterocycles. The summed E-state index contributed by atoms with van der Waals surface area (Å²) in [5, 5.41) is 6.53. The van der Waals surface area contributed by atoms with Crippen molar-refractivity contribution in [2.45, 2.75) is 19.3 Å². The Morgan fingerprint density at radius 2 is 1.09 bits per heavy atom. The maximum Gasteiger partial charge on any atom is 0.164 e. The first-order valence-corrected chi connectivity index (χ1v) is 19.5. The van der Waals surface area contributed by atoms with Crippen LogP contribution >= 0.6 is 0 Å². The Labute approximate surface area is 328 Å². The number of rotatable bonds is 4. The third kappa shape index (κ3) is 4.60. The van der Waals surface area contributed by atoms with Gasteiger partial charge >= 0.3 is 0 Å². The van der Waals surface area contributed by atoms with Crippen LogP contribution in [0.5, 0.6) is 0 Å². The molecule has 0 amide bonds. The van der Waals surface area contributed by atoms with Gasteiger partial charge in [-0.3, -0.25) is 0 Å². The molecule has 0 saturated carbocycles. The highest BCUT2D eigenvalue weighted by molar-refractivity contribution is 6.31. The van der Waals surface area contributed by atoms with Crippen LogP contribution in [0.3, 0.4) is 0 Å². The lowest BCUT2D eigenvalue weighted by Gasteiger charge is -2.21. The molecule has 1 aliphatic carbocycles. The lowest BCUT2D eigenvalue weighted by atomic mass is 9.82. The summed E-state index contributed by atoms with van der Waals surface area (Å²) >= 11 is 0. The Bertz CT molecular complexity index is 3430. The highest BCUT2D eigenvalue weighted by atomic mass is 16.3. The molecule has 0 atom stereocenters. The molecule has 5 nitrogen and oxygen atoms in total. The van der Waals surface area contributed by atoms with Gasteiger partial charge < -0.3 is 8.98 Å². The first kappa shape index (κ1) is 31.9. The largest absolute Gasteiger partial charge is 0.455 e. The zero-order chi connectivity index (χ0) is 37.8. The van der Waals surface area contributed by atoms with E-state index in [-0.39, 0.29) is 5.41 Å². The second-order valence-electron chi connectivity index (χ2n) is 15.6. The van der Waals surface area contributed by atoms with Crippen molar-refractivity contribution in [1.82, 2.24) is 19.5 Å². The van der Waals surface area contributed by atoms with E-state index in [1.54, 1.807) is 0 Å². The van der Waals surface area contributed by atoms with E-state index in [1.807, 2.05) is 24.3 Å².